The molecule has 1 aliphatic rings. The normalized spacial score (nSPS) is 25.0. The number of hydrogen-bond donors (Lipinski definition) is 1. The molecule has 0 heterocycles. The molecule has 0 aromatic heterocycles. The molecule has 0 spiro atoms. The van der Waals surface area contributed by atoms with Gasteiger partial charge in [0.2, 0.25) is 0 Å². The first kappa shape index (κ1) is 10.9. The second kappa shape index (κ2) is 4.52. The number of ether oxygens (including phenoxy) is 1. The maximum Gasteiger partial charge on any atom is 0.0721 e. The van der Waals surface area contributed by atoms with Crippen molar-refractivity contribution in [1.29, 1.82) is 0 Å². The fourth-order valence-corrected chi connectivity index (χ4v) is 1.82. The smallest absolute Gasteiger partial charge is 0.0721 e. The second-order valence-corrected chi connectivity index (χ2v) is 4.55. The van der Waals surface area contributed by atoms with E-state index in [0.29, 0.717) is 6.61 Å². The van der Waals surface area contributed by atoms with Crippen molar-refractivity contribution in [3.63, 3.8) is 0 Å². The monoisotopic (exact) mass is 226 g/mol. The highest BCUT2D eigenvalue weighted by molar-refractivity contribution is 6.31. The van der Waals surface area contributed by atoms with Gasteiger partial charge in [-0.1, -0.05) is 23.7 Å². The van der Waals surface area contributed by atoms with Gasteiger partial charge < -0.3 is 9.84 Å². The Morgan fingerprint density at radius 2 is 2.20 bits per heavy atom. The van der Waals surface area contributed by atoms with Gasteiger partial charge in [0.05, 0.1) is 18.8 Å². The third kappa shape index (κ3) is 2.71. The van der Waals surface area contributed by atoms with Crippen LogP contribution in [0.3, 0.4) is 0 Å². The predicted molar refractivity (Wildman–Crippen MR) is 60.0 cm³/mol. The van der Waals surface area contributed by atoms with E-state index in [-0.39, 0.29) is 12.2 Å². The first-order valence-electron chi connectivity index (χ1n) is 5.20. The average Bonchev–Trinajstić information content (AvgIpc) is 2.16. The van der Waals surface area contributed by atoms with Gasteiger partial charge >= 0.3 is 0 Å². The predicted octanol–water partition coefficient (Wildman–Crippen LogP) is 2.69. The standard InChI is InChI=1S/C12H15ClO2/c1-8-2-3-9(4-12(8)13)7-15-11-5-10(14)6-11/h2-4,10-11,14H,5-7H2,1H3. The average molecular weight is 227 g/mol. The van der Waals surface area contributed by atoms with Crippen LogP contribution >= 0.6 is 11.6 Å². The van der Waals surface area contributed by atoms with E-state index in [1.54, 1.807) is 0 Å². The minimum Gasteiger partial charge on any atom is -0.393 e. The van der Waals surface area contributed by atoms with Crippen LogP contribution in [0, 0.1) is 6.92 Å². The zero-order valence-corrected chi connectivity index (χ0v) is 9.50. The lowest BCUT2D eigenvalue weighted by Crippen LogP contribution is -2.35. The maximum atomic E-state index is 9.09. The van der Waals surface area contributed by atoms with Gasteiger partial charge in [-0.15, -0.1) is 0 Å². The zero-order valence-electron chi connectivity index (χ0n) is 8.74. The Morgan fingerprint density at radius 1 is 1.47 bits per heavy atom. The molecule has 0 atom stereocenters. The summed E-state index contributed by atoms with van der Waals surface area (Å²) in [5.74, 6) is 0. The van der Waals surface area contributed by atoms with Crippen molar-refractivity contribution in [2.24, 2.45) is 0 Å². The number of rotatable bonds is 3. The van der Waals surface area contributed by atoms with Crippen LogP contribution in [-0.2, 0) is 11.3 Å². The molecule has 2 rings (SSSR count). The molecule has 0 amide bonds. The van der Waals surface area contributed by atoms with Crippen molar-refractivity contribution in [2.75, 3.05) is 0 Å². The van der Waals surface area contributed by atoms with Crippen molar-refractivity contribution in [2.45, 2.75) is 38.6 Å². The Balaban J connectivity index is 1.86. The Bertz CT molecular complexity index is 345. The Morgan fingerprint density at radius 3 is 2.80 bits per heavy atom. The topological polar surface area (TPSA) is 29.5 Å². The Hall–Kier alpha value is -0.570. The maximum absolute atomic E-state index is 9.09. The van der Waals surface area contributed by atoms with E-state index in [9.17, 15) is 0 Å². The molecular formula is C12H15ClO2. The fraction of sp³-hybridized carbons (Fsp3) is 0.500. The third-order valence-electron chi connectivity index (χ3n) is 2.79. The van der Waals surface area contributed by atoms with E-state index >= 15 is 0 Å². The molecular weight excluding hydrogens is 212 g/mol. The molecule has 1 saturated carbocycles. The van der Waals surface area contributed by atoms with Crippen LogP contribution in [0.25, 0.3) is 0 Å². The van der Waals surface area contributed by atoms with Gasteiger partial charge in [-0.3, -0.25) is 0 Å². The van der Waals surface area contributed by atoms with Crippen LogP contribution in [0.15, 0.2) is 18.2 Å². The van der Waals surface area contributed by atoms with Crippen molar-refractivity contribution < 1.29 is 9.84 Å². The quantitative estimate of drug-likeness (QED) is 0.859. The van der Waals surface area contributed by atoms with Crippen LogP contribution in [0.5, 0.6) is 0 Å². The van der Waals surface area contributed by atoms with E-state index in [4.69, 9.17) is 21.4 Å². The van der Waals surface area contributed by atoms with E-state index in [1.807, 2.05) is 25.1 Å². The van der Waals surface area contributed by atoms with Gasteiger partial charge in [-0.05, 0) is 37.0 Å². The highest BCUT2D eigenvalue weighted by Crippen LogP contribution is 2.25. The summed E-state index contributed by atoms with van der Waals surface area (Å²) in [5.41, 5.74) is 2.17. The first-order chi connectivity index (χ1) is 7.15. The molecule has 1 aliphatic carbocycles. The molecule has 1 aromatic carbocycles. The van der Waals surface area contributed by atoms with Gasteiger partial charge in [0, 0.05) is 5.02 Å². The summed E-state index contributed by atoms with van der Waals surface area (Å²) in [6.45, 7) is 2.56. The first-order valence-corrected chi connectivity index (χ1v) is 5.57. The van der Waals surface area contributed by atoms with Crippen LogP contribution in [0.1, 0.15) is 24.0 Å². The SMILES string of the molecule is Cc1ccc(COC2CC(O)C2)cc1Cl. The summed E-state index contributed by atoms with van der Waals surface area (Å²) >= 11 is 6.00. The molecule has 1 aromatic rings. The third-order valence-corrected chi connectivity index (χ3v) is 3.20. The molecule has 0 radical (unpaired) electrons. The summed E-state index contributed by atoms with van der Waals surface area (Å²) in [7, 11) is 0. The molecule has 0 aliphatic heterocycles. The molecule has 82 valence electrons. The van der Waals surface area contributed by atoms with E-state index in [2.05, 4.69) is 0 Å². The summed E-state index contributed by atoms with van der Waals surface area (Å²) in [6, 6.07) is 5.96. The van der Waals surface area contributed by atoms with E-state index in [0.717, 1.165) is 29.0 Å². The van der Waals surface area contributed by atoms with Gasteiger partial charge in [0.1, 0.15) is 0 Å². The highest BCUT2D eigenvalue weighted by Gasteiger charge is 2.27. The van der Waals surface area contributed by atoms with Gasteiger partial charge in [-0.2, -0.15) is 0 Å². The number of hydrogen-bond acceptors (Lipinski definition) is 2. The van der Waals surface area contributed by atoms with Crippen LogP contribution in [0.4, 0.5) is 0 Å². The lowest BCUT2D eigenvalue weighted by Gasteiger charge is -2.31. The molecule has 2 nitrogen and oxygen atoms in total. The van der Waals surface area contributed by atoms with Crippen LogP contribution in [-0.4, -0.2) is 17.3 Å². The summed E-state index contributed by atoms with van der Waals surface area (Å²) in [5, 5.41) is 9.88. The lowest BCUT2D eigenvalue weighted by atomic mass is 9.92. The van der Waals surface area contributed by atoms with E-state index in [1.165, 1.54) is 0 Å². The highest BCUT2D eigenvalue weighted by atomic mass is 35.5. The number of aryl methyl sites for hydroxylation is 1. The van der Waals surface area contributed by atoms with E-state index < -0.39 is 0 Å². The molecule has 3 heteroatoms. The number of aliphatic hydroxyl groups is 1. The van der Waals surface area contributed by atoms with Crippen molar-refractivity contribution in [3.05, 3.63) is 34.3 Å². The molecule has 1 N–H and O–H groups in total. The number of aliphatic hydroxyl groups excluding tert-OH is 1. The van der Waals surface area contributed by atoms with Gasteiger partial charge in [-0.25, -0.2) is 0 Å². The van der Waals surface area contributed by atoms with Gasteiger partial charge in [0.25, 0.3) is 0 Å². The van der Waals surface area contributed by atoms with Crippen molar-refractivity contribution in [1.82, 2.24) is 0 Å². The van der Waals surface area contributed by atoms with Crippen molar-refractivity contribution in [3.8, 4) is 0 Å². The molecule has 1 fully saturated rings. The zero-order chi connectivity index (χ0) is 10.8. The molecule has 15 heavy (non-hydrogen) atoms. The summed E-state index contributed by atoms with van der Waals surface area (Å²) in [6.07, 6.45) is 1.59. The van der Waals surface area contributed by atoms with Crippen LogP contribution < -0.4 is 0 Å². The minimum absolute atomic E-state index is 0.156. The number of halogens is 1. The van der Waals surface area contributed by atoms with Crippen molar-refractivity contribution >= 4 is 11.6 Å². The molecule has 0 unspecified atom stereocenters. The Kier molecular flexibility index (Phi) is 3.29. The molecule has 0 saturated heterocycles. The van der Waals surface area contributed by atoms with Gasteiger partial charge in [0.15, 0.2) is 0 Å². The largest absolute Gasteiger partial charge is 0.393 e. The summed E-state index contributed by atoms with van der Waals surface area (Å²) in [4.78, 5) is 0. The minimum atomic E-state index is -0.156. The molecule has 0 bridgehead atoms. The lowest BCUT2D eigenvalue weighted by molar-refractivity contribution is -0.0778. The fourth-order valence-electron chi connectivity index (χ4n) is 1.61. The number of benzene rings is 1. The summed E-state index contributed by atoms with van der Waals surface area (Å²) < 4.78 is 5.61. The second-order valence-electron chi connectivity index (χ2n) is 4.14. The van der Waals surface area contributed by atoms with Crippen LogP contribution in [0.2, 0.25) is 5.02 Å². The Labute approximate surface area is 94.8 Å².